The van der Waals surface area contributed by atoms with Gasteiger partial charge in [0.05, 0.1) is 11.0 Å². The first-order valence-electron chi connectivity index (χ1n) is 9.90. The topological polar surface area (TPSA) is 75.9 Å². The Balaban J connectivity index is 1.59. The molecule has 0 spiro atoms. The second-order valence-corrected chi connectivity index (χ2v) is 7.80. The molecule has 7 nitrogen and oxygen atoms in total. The van der Waals surface area contributed by atoms with Crippen LogP contribution >= 0.6 is 0 Å². The number of hydrogen-bond acceptors (Lipinski definition) is 5. The molecule has 0 aromatic heterocycles. The number of ether oxygens (including phenoxy) is 1. The van der Waals surface area contributed by atoms with Crippen molar-refractivity contribution in [3.8, 4) is 5.75 Å². The van der Waals surface area contributed by atoms with Crippen LogP contribution in [0, 0.1) is 22.9 Å². The largest absolute Gasteiger partial charge is 0.483 e. The summed E-state index contributed by atoms with van der Waals surface area (Å²) < 4.78 is 18.7. The van der Waals surface area contributed by atoms with Crippen LogP contribution in [0.1, 0.15) is 25.0 Å². The number of nitrogens with zero attached hydrogens (tertiary/aromatic N) is 3. The van der Waals surface area contributed by atoms with E-state index in [4.69, 9.17) is 4.74 Å². The van der Waals surface area contributed by atoms with Crippen molar-refractivity contribution in [2.75, 3.05) is 19.7 Å². The summed E-state index contributed by atoms with van der Waals surface area (Å²) in [4.78, 5) is 27.3. The molecule has 0 bridgehead atoms. The zero-order valence-electron chi connectivity index (χ0n) is 17.4. The van der Waals surface area contributed by atoms with E-state index in [-0.39, 0.29) is 36.1 Å². The van der Waals surface area contributed by atoms with Crippen LogP contribution in [0.2, 0.25) is 0 Å². The van der Waals surface area contributed by atoms with Gasteiger partial charge in [0.25, 0.3) is 11.6 Å². The Morgan fingerprint density at radius 1 is 1.17 bits per heavy atom. The zero-order chi connectivity index (χ0) is 21.8. The second-order valence-electron chi connectivity index (χ2n) is 7.80. The number of rotatable bonds is 6. The van der Waals surface area contributed by atoms with Crippen molar-refractivity contribution >= 4 is 11.6 Å². The lowest BCUT2D eigenvalue weighted by Crippen LogP contribution is -2.58. The van der Waals surface area contributed by atoms with E-state index in [1.54, 1.807) is 30.0 Å². The van der Waals surface area contributed by atoms with Gasteiger partial charge in [0.15, 0.2) is 6.61 Å². The fourth-order valence-electron chi connectivity index (χ4n) is 3.67. The van der Waals surface area contributed by atoms with Crippen LogP contribution < -0.4 is 4.74 Å². The van der Waals surface area contributed by atoms with Crippen molar-refractivity contribution in [2.24, 2.45) is 0 Å². The van der Waals surface area contributed by atoms with E-state index in [1.165, 1.54) is 24.3 Å². The van der Waals surface area contributed by atoms with Gasteiger partial charge in [0, 0.05) is 37.8 Å². The highest BCUT2D eigenvalue weighted by atomic mass is 19.1. The van der Waals surface area contributed by atoms with Gasteiger partial charge >= 0.3 is 0 Å². The number of nitro groups is 1. The third-order valence-corrected chi connectivity index (χ3v) is 5.47. The number of non-ortho nitro benzene ring substituents is 1. The van der Waals surface area contributed by atoms with Crippen LogP contribution in [0.5, 0.6) is 5.75 Å². The molecule has 30 heavy (non-hydrogen) atoms. The highest BCUT2D eigenvalue weighted by Gasteiger charge is 2.32. The van der Waals surface area contributed by atoms with Gasteiger partial charge in [-0.25, -0.2) is 4.39 Å². The maximum absolute atomic E-state index is 13.1. The molecule has 2 aromatic carbocycles. The minimum absolute atomic E-state index is 0.0102. The van der Waals surface area contributed by atoms with Crippen molar-refractivity contribution < 1.29 is 18.8 Å². The molecule has 0 unspecified atom stereocenters. The molecule has 160 valence electrons. The molecular formula is C22H26FN3O4. The number of piperazine rings is 1. The zero-order valence-corrected chi connectivity index (χ0v) is 17.4. The highest BCUT2D eigenvalue weighted by molar-refractivity contribution is 5.78. The number of halogens is 1. The third-order valence-electron chi connectivity index (χ3n) is 5.47. The average Bonchev–Trinajstić information content (AvgIpc) is 2.71. The molecule has 2 atom stereocenters. The monoisotopic (exact) mass is 415 g/mol. The first kappa shape index (κ1) is 21.7. The normalized spacial score (nSPS) is 19.5. The Morgan fingerprint density at radius 2 is 1.87 bits per heavy atom. The van der Waals surface area contributed by atoms with Crippen LogP contribution in [-0.2, 0) is 11.3 Å². The fraction of sp³-hybridized carbons (Fsp3) is 0.409. The summed E-state index contributed by atoms with van der Waals surface area (Å²) in [6, 6.07) is 10.9. The number of hydrogen-bond donors (Lipinski definition) is 0. The minimum atomic E-state index is -0.488. The van der Waals surface area contributed by atoms with Crippen molar-refractivity contribution in [2.45, 2.75) is 39.4 Å². The minimum Gasteiger partial charge on any atom is -0.483 e. The molecule has 0 aliphatic carbocycles. The predicted molar refractivity (Wildman–Crippen MR) is 111 cm³/mol. The summed E-state index contributed by atoms with van der Waals surface area (Å²) in [5.74, 6) is -0.0653. The predicted octanol–water partition coefficient (Wildman–Crippen LogP) is 3.54. The van der Waals surface area contributed by atoms with Gasteiger partial charge in [-0.15, -0.1) is 0 Å². The van der Waals surface area contributed by atoms with Crippen molar-refractivity contribution in [1.29, 1.82) is 0 Å². The summed E-state index contributed by atoms with van der Waals surface area (Å²) >= 11 is 0. The van der Waals surface area contributed by atoms with Gasteiger partial charge in [0.2, 0.25) is 0 Å². The Morgan fingerprint density at radius 3 is 2.53 bits per heavy atom. The average molecular weight is 415 g/mol. The lowest BCUT2D eigenvalue weighted by molar-refractivity contribution is -0.384. The van der Waals surface area contributed by atoms with Crippen molar-refractivity contribution in [1.82, 2.24) is 9.80 Å². The maximum Gasteiger partial charge on any atom is 0.273 e. The Bertz CT molecular complexity index is 919. The van der Waals surface area contributed by atoms with Crippen LogP contribution in [0.15, 0.2) is 42.5 Å². The quantitative estimate of drug-likeness (QED) is 0.533. The van der Waals surface area contributed by atoms with Crippen LogP contribution in [0.3, 0.4) is 0 Å². The number of benzene rings is 2. The third kappa shape index (κ3) is 5.13. The fourth-order valence-corrected chi connectivity index (χ4v) is 3.67. The molecule has 2 aromatic rings. The Hall–Kier alpha value is -3.00. The standard InChI is InChI=1S/C22H26FN3O4/c1-15-4-9-20(26(28)29)10-21(15)30-14-22(27)25-12-16(2)24(11-17(25)3)13-18-5-7-19(23)8-6-18/h4-10,16-17H,11-14H2,1-3H3/t16-,17+/m1/s1. The summed E-state index contributed by atoms with van der Waals surface area (Å²) in [5, 5.41) is 11.0. The summed E-state index contributed by atoms with van der Waals surface area (Å²) in [6.07, 6.45) is 0. The van der Waals surface area contributed by atoms with E-state index in [1.807, 2.05) is 6.92 Å². The number of aryl methyl sites for hydroxylation is 1. The number of carbonyl (C=O) groups is 1. The van der Waals surface area contributed by atoms with Gasteiger partial charge in [-0.05, 0) is 50.1 Å². The highest BCUT2D eigenvalue weighted by Crippen LogP contribution is 2.24. The number of amides is 1. The first-order valence-corrected chi connectivity index (χ1v) is 9.90. The molecule has 1 aliphatic heterocycles. The van der Waals surface area contributed by atoms with Crippen LogP contribution in [0.25, 0.3) is 0 Å². The van der Waals surface area contributed by atoms with E-state index in [0.29, 0.717) is 25.4 Å². The lowest BCUT2D eigenvalue weighted by Gasteiger charge is -2.44. The van der Waals surface area contributed by atoms with Crippen molar-refractivity contribution in [3.05, 3.63) is 69.5 Å². The van der Waals surface area contributed by atoms with E-state index in [9.17, 15) is 19.3 Å². The molecule has 1 fully saturated rings. The molecule has 0 saturated carbocycles. The van der Waals surface area contributed by atoms with Gasteiger partial charge in [0.1, 0.15) is 11.6 Å². The van der Waals surface area contributed by atoms with E-state index < -0.39 is 4.92 Å². The number of carbonyl (C=O) groups excluding carboxylic acids is 1. The smallest absolute Gasteiger partial charge is 0.273 e. The van der Waals surface area contributed by atoms with Gasteiger partial charge in [-0.3, -0.25) is 19.8 Å². The molecule has 0 radical (unpaired) electrons. The second kappa shape index (κ2) is 9.21. The molecule has 0 N–H and O–H groups in total. The van der Waals surface area contributed by atoms with Crippen molar-refractivity contribution in [3.63, 3.8) is 0 Å². The summed E-state index contributed by atoms with van der Waals surface area (Å²) in [5.41, 5.74) is 1.69. The van der Waals surface area contributed by atoms with Crippen LogP contribution in [0.4, 0.5) is 10.1 Å². The van der Waals surface area contributed by atoms with Gasteiger partial charge < -0.3 is 9.64 Å². The lowest BCUT2D eigenvalue weighted by atomic mass is 10.1. The maximum atomic E-state index is 13.1. The Labute approximate surface area is 175 Å². The van der Waals surface area contributed by atoms with E-state index >= 15 is 0 Å². The first-order chi connectivity index (χ1) is 14.2. The summed E-state index contributed by atoms with van der Waals surface area (Å²) in [6.45, 7) is 7.59. The van der Waals surface area contributed by atoms with Gasteiger partial charge in [-0.2, -0.15) is 0 Å². The number of nitro benzene ring substituents is 1. The Kier molecular flexibility index (Phi) is 6.66. The summed E-state index contributed by atoms with van der Waals surface area (Å²) in [7, 11) is 0. The molecule has 3 rings (SSSR count). The molecule has 1 amide bonds. The molecule has 8 heteroatoms. The van der Waals surface area contributed by atoms with E-state index in [2.05, 4.69) is 11.8 Å². The SMILES string of the molecule is Cc1ccc([N+](=O)[O-])cc1OCC(=O)N1C[C@@H](C)N(Cc2ccc(F)cc2)C[C@@H]1C. The van der Waals surface area contributed by atoms with E-state index in [0.717, 1.165) is 11.1 Å². The van der Waals surface area contributed by atoms with Gasteiger partial charge in [-0.1, -0.05) is 12.1 Å². The van der Waals surface area contributed by atoms with Crippen LogP contribution in [-0.4, -0.2) is 52.4 Å². The molecule has 1 saturated heterocycles. The molecule has 1 aliphatic rings. The molecule has 1 heterocycles. The molecular weight excluding hydrogens is 389 g/mol.